The Labute approximate surface area is 287 Å². The van der Waals surface area contributed by atoms with Crippen molar-refractivity contribution >= 4 is 23.6 Å². The summed E-state index contributed by atoms with van der Waals surface area (Å²) < 4.78 is -0.0918. The third-order valence-corrected chi connectivity index (χ3v) is 17.7. The molecule has 0 aliphatic heterocycles. The van der Waals surface area contributed by atoms with Crippen LogP contribution in [0.2, 0.25) is 3.34 Å². The van der Waals surface area contributed by atoms with E-state index in [1.54, 1.807) is 16.3 Å². The van der Waals surface area contributed by atoms with Gasteiger partial charge in [-0.25, -0.2) is 0 Å². The van der Waals surface area contributed by atoms with Crippen LogP contribution in [0.25, 0.3) is 0 Å². The van der Waals surface area contributed by atoms with Gasteiger partial charge in [-0.15, -0.1) is 0 Å². The Bertz CT molecular complexity index is 1370. The molecule has 0 radical (unpaired) electrons. The van der Waals surface area contributed by atoms with Crippen LogP contribution in [-0.4, -0.2) is 8.07 Å². The molecule has 0 unspecified atom stereocenters. The van der Waals surface area contributed by atoms with Crippen molar-refractivity contribution in [2.75, 3.05) is 0 Å². The molecule has 0 amide bonds. The van der Waals surface area contributed by atoms with E-state index in [1.165, 1.54) is 54.9 Å². The van der Waals surface area contributed by atoms with Crippen LogP contribution in [0.5, 0.6) is 0 Å². The molecule has 0 saturated heterocycles. The SMILES string of the molecule is CC1=C(C)[C]([Ti+3])([Si](c2cc(C)cc(C)c2)(c2cc(C)cc(C)c2)c2cc(C(C)C)cc(C(C)C)c2)C(C)=C1C.[Cl-].[Cl-].[Cl-]. The van der Waals surface area contributed by atoms with Crippen molar-refractivity contribution in [3.8, 4) is 0 Å². The first-order valence-electron chi connectivity index (χ1n) is 14.6. The molecule has 0 bridgehead atoms. The number of hydrogen-bond acceptors (Lipinski definition) is 0. The van der Waals surface area contributed by atoms with Gasteiger partial charge in [0.15, 0.2) is 0 Å². The third kappa shape index (κ3) is 6.35. The molecule has 0 aromatic heterocycles. The van der Waals surface area contributed by atoms with E-state index in [0.717, 1.165) is 0 Å². The fourth-order valence-electron chi connectivity index (χ4n) is 7.06. The Hall–Kier alpha value is -1.06. The summed E-state index contributed by atoms with van der Waals surface area (Å²) in [7, 11) is -2.72. The maximum Gasteiger partial charge on any atom is -1.00 e. The maximum absolute atomic E-state index is 2.72. The van der Waals surface area contributed by atoms with E-state index >= 15 is 0 Å². The van der Waals surface area contributed by atoms with Gasteiger partial charge in [0, 0.05) is 0 Å². The largest absolute Gasteiger partial charge is 1.00 e. The van der Waals surface area contributed by atoms with Gasteiger partial charge in [-0.05, 0) is 0 Å². The molecule has 1 aliphatic carbocycles. The minimum atomic E-state index is -2.72. The van der Waals surface area contributed by atoms with Gasteiger partial charge in [0.1, 0.15) is 0 Å². The third-order valence-electron chi connectivity index (χ3n) is 9.43. The van der Waals surface area contributed by atoms with Gasteiger partial charge in [-0.2, -0.15) is 0 Å². The summed E-state index contributed by atoms with van der Waals surface area (Å²) in [6.45, 7) is 28.1. The Morgan fingerprint density at radius 2 is 0.762 bits per heavy atom. The van der Waals surface area contributed by atoms with Crippen LogP contribution < -0.4 is 52.8 Å². The summed E-state index contributed by atoms with van der Waals surface area (Å²) in [4.78, 5) is 0. The second-order valence-electron chi connectivity index (χ2n) is 13.0. The Morgan fingerprint density at radius 1 is 0.476 bits per heavy atom. The molecule has 5 heteroatoms. The fourth-order valence-corrected chi connectivity index (χ4v) is 16.0. The molecule has 0 nitrogen and oxygen atoms in total. The molecule has 224 valence electrons. The minimum Gasteiger partial charge on any atom is -1.00 e. The minimum absolute atomic E-state index is 0. The van der Waals surface area contributed by atoms with E-state index in [1.807, 2.05) is 0 Å². The number of rotatable bonds is 6. The van der Waals surface area contributed by atoms with E-state index in [2.05, 4.69) is 158 Å². The standard InChI is InChI=1S/C37H47Si.3ClH.Ti/c1-22(2)32-19-33(23(3)4)21-36(20-32)38(34-15-24(5)13-25(6)16-34,35-17-26(7)14-27(8)18-35)37-30(11)28(9)29(10)31(37)12;;;;/h13-23H,1-12H3;3*1H;/q;;;;+3/p-3. The van der Waals surface area contributed by atoms with E-state index in [9.17, 15) is 0 Å². The Kier molecular flexibility index (Phi) is 13.3. The summed E-state index contributed by atoms with van der Waals surface area (Å²) in [5.74, 6) is 0.946. The molecular formula is C37H47Cl3SiTi. The van der Waals surface area contributed by atoms with E-state index in [0.29, 0.717) is 11.8 Å². The number of hydrogen-bond donors (Lipinski definition) is 0. The second kappa shape index (κ2) is 14.4. The van der Waals surface area contributed by atoms with E-state index in [4.69, 9.17) is 0 Å². The van der Waals surface area contributed by atoms with Crippen LogP contribution in [-0.2, 0) is 20.4 Å². The van der Waals surface area contributed by atoms with Crippen molar-refractivity contribution in [3.63, 3.8) is 0 Å². The van der Waals surface area contributed by atoms with Gasteiger partial charge in [0.05, 0.1) is 0 Å². The average molecular weight is 674 g/mol. The van der Waals surface area contributed by atoms with E-state index in [-0.39, 0.29) is 40.6 Å². The van der Waals surface area contributed by atoms with Crippen molar-refractivity contribution in [1.82, 2.24) is 0 Å². The molecule has 0 heterocycles. The monoisotopic (exact) mass is 672 g/mol. The zero-order chi connectivity index (χ0) is 29.0. The van der Waals surface area contributed by atoms with Crippen molar-refractivity contribution < 1.29 is 57.7 Å². The molecule has 3 aromatic rings. The maximum atomic E-state index is 2.60. The van der Waals surface area contributed by atoms with Gasteiger partial charge in [-0.1, -0.05) is 0 Å². The van der Waals surface area contributed by atoms with Crippen molar-refractivity contribution in [2.24, 2.45) is 0 Å². The zero-order valence-corrected chi connectivity index (χ0v) is 32.3. The summed E-state index contributed by atoms with van der Waals surface area (Å²) in [6.07, 6.45) is 0. The van der Waals surface area contributed by atoms with Gasteiger partial charge >= 0.3 is 253 Å². The Morgan fingerprint density at radius 3 is 1.05 bits per heavy atom. The van der Waals surface area contributed by atoms with E-state index < -0.39 is 8.07 Å². The van der Waals surface area contributed by atoms with Crippen molar-refractivity contribution in [3.05, 3.63) is 110 Å². The van der Waals surface area contributed by atoms with Crippen LogP contribution in [0.15, 0.2) is 76.9 Å². The van der Waals surface area contributed by atoms with Crippen molar-refractivity contribution in [1.29, 1.82) is 0 Å². The molecule has 42 heavy (non-hydrogen) atoms. The average Bonchev–Trinajstić information content (AvgIpc) is 2.99. The molecule has 1 aliphatic rings. The van der Waals surface area contributed by atoms with Crippen molar-refractivity contribution in [2.45, 2.75) is 98.3 Å². The second-order valence-corrected chi connectivity index (χ2v) is 18.9. The van der Waals surface area contributed by atoms with Gasteiger partial charge in [0.25, 0.3) is 0 Å². The number of allylic oxidation sites excluding steroid dienone is 4. The van der Waals surface area contributed by atoms with Crippen LogP contribution >= 0.6 is 0 Å². The molecule has 0 atom stereocenters. The topological polar surface area (TPSA) is 0 Å². The summed E-state index contributed by atoms with van der Waals surface area (Å²) in [5, 5.41) is 4.62. The summed E-state index contributed by atoms with van der Waals surface area (Å²) in [5.41, 5.74) is 14.4. The van der Waals surface area contributed by atoms with Gasteiger partial charge in [0.2, 0.25) is 0 Å². The van der Waals surface area contributed by atoms with Crippen LogP contribution in [0.3, 0.4) is 0 Å². The van der Waals surface area contributed by atoms with Gasteiger partial charge < -0.3 is 37.2 Å². The molecule has 3 aromatic carbocycles. The predicted octanol–water partition coefficient (Wildman–Crippen LogP) is -0.420. The smallest absolute Gasteiger partial charge is 1.00 e. The fraction of sp³-hybridized carbons (Fsp3) is 0.405. The predicted molar refractivity (Wildman–Crippen MR) is 171 cm³/mol. The number of benzene rings is 3. The normalized spacial score (nSPS) is 14.7. The van der Waals surface area contributed by atoms with Crippen LogP contribution in [0, 0.1) is 27.7 Å². The quantitative estimate of drug-likeness (QED) is 0.247. The first-order valence-corrected chi connectivity index (χ1v) is 17.4. The first-order chi connectivity index (χ1) is 18.1. The molecule has 0 saturated carbocycles. The number of halogens is 3. The Balaban J connectivity index is 0.00000294. The summed E-state index contributed by atoms with van der Waals surface area (Å²) >= 11 is 2.59. The first kappa shape index (κ1) is 39.0. The zero-order valence-electron chi connectivity index (χ0n) is 27.5. The summed E-state index contributed by atoms with van der Waals surface area (Å²) in [6, 6.07) is 22.5. The molecule has 0 fully saturated rings. The number of aryl methyl sites for hydroxylation is 4. The molecule has 0 N–H and O–H groups in total. The van der Waals surface area contributed by atoms with Gasteiger partial charge in [-0.3, -0.25) is 0 Å². The molecular weight excluding hydrogens is 627 g/mol. The molecule has 0 spiro atoms. The van der Waals surface area contributed by atoms with Crippen LogP contribution in [0.4, 0.5) is 0 Å². The molecule has 4 rings (SSSR count). The van der Waals surface area contributed by atoms with Crippen LogP contribution in [0.1, 0.15) is 101 Å².